The van der Waals surface area contributed by atoms with Crippen molar-refractivity contribution < 1.29 is 14.3 Å². The van der Waals surface area contributed by atoms with Gasteiger partial charge in [0.1, 0.15) is 11.5 Å². The van der Waals surface area contributed by atoms with Crippen LogP contribution < -0.4 is 5.32 Å². The summed E-state index contributed by atoms with van der Waals surface area (Å²) in [6, 6.07) is 9.96. The number of piperazine rings is 1. The molecule has 0 unspecified atom stereocenters. The Morgan fingerprint density at radius 2 is 1.87 bits per heavy atom. The number of nitrogens with one attached hydrogen (secondary N) is 1. The van der Waals surface area contributed by atoms with Crippen molar-refractivity contribution in [1.82, 2.24) is 24.2 Å². The molecule has 2 saturated heterocycles. The molecule has 9 heteroatoms. The van der Waals surface area contributed by atoms with Gasteiger partial charge in [0.15, 0.2) is 11.9 Å². The molecule has 2 aliphatic rings. The highest BCUT2D eigenvalue weighted by Crippen LogP contribution is 2.28. The number of nitrogens with zero attached hydrogens (tertiary/aromatic N) is 5. The smallest absolute Gasteiger partial charge is 0.242 e. The van der Waals surface area contributed by atoms with E-state index in [-0.39, 0.29) is 18.7 Å². The van der Waals surface area contributed by atoms with Crippen LogP contribution in [0.2, 0.25) is 0 Å². The van der Waals surface area contributed by atoms with Crippen molar-refractivity contribution >= 4 is 17.4 Å². The molecule has 0 spiro atoms. The van der Waals surface area contributed by atoms with Gasteiger partial charge in [0.05, 0.1) is 26.0 Å². The molecular weight excluding hydrogens is 396 g/mol. The van der Waals surface area contributed by atoms with Crippen LogP contribution in [-0.2, 0) is 14.3 Å². The van der Waals surface area contributed by atoms with Crippen molar-refractivity contribution in [3.8, 4) is 11.3 Å². The Labute approximate surface area is 180 Å². The summed E-state index contributed by atoms with van der Waals surface area (Å²) in [6.07, 6.45) is 5.15. The lowest BCUT2D eigenvalue weighted by molar-refractivity contribution is -0.131. The predicted octanol–water partition coefficient (Wildman–Crippen LogP) is 1.33. The molecule has 0 saturated carbocycles. The Morgan fingerprint density at radius 3 is 2.65 bits per heavy atom. The third-order valence-corrected chi connectivity index (χ3v) is 5.71. The van der Waals surface area contributed by atoms with Crippen LogP contribution in [0.3, 0.4) is 0 Å². The molecule has 9 nitrogen and oxygen atoms in total. The summed E-state index contributed by atoms with van der Waals surface area (Å²) < 4.78 is 13.0. The second-order valence-corrected chi connectivity index (χ2v) is 7.69. The van der Waals surface area contributed by atoms with Gasteiger partial charge in [-0.3, -0.25) is 19.1 Å². The zero-order valence-corrected chi connectivity index (χ0v) is 17.3. The average molecular weight is 422 g/mol. The van der Waals surface area contributed by atoms with Crippen LogP contribution in [0.25, 0.3) is 16.9 Å². The third-order valence-electron chi connectivity index (χ3n) is 5.71. The molecule has 0 atom stereocenters. The van der Waals surface area contributed by atoms with Gasteiger partial charge < -0.3 is 19.7 Å². The van der Waals surface area contributed by atoms with Gasteiger partial charge in [0.25, 0.3) is 0 Å². The summed E-state index contributed by atoms with van der Waals surface area (Å²) in [7, 11) is 0. The number of anilines is 1. The molecule has 1 aromatic carbocycles. The molecule has 5 rings (SSSR count). The minimum Gasteiger partial charge on any atom is -0.360 e. The van der Waals surface area contributed by atoms with Crippen LogP contribution in [0, 0.1) is 0 Å². The lowest BCUT2D eigenvalue weighted by Crippen LogP contribution is -2.51. The van der Waals surface area contributed by atoms with E-state index in [2.05, 4.69) is 15.2 Å². The van der Waals surface area contributed by atoms with Crippen LogP contribution in [0.1, 0.15) is 0 Å². The molecule has 0 radical (unpaired) electrons. The molecule has 2 fully saturated rings. The zero-order chi connectivity index (χ0) is 21.0. The van der Waals surface area contributed by atoms with Crippen LogP contribution >= 0.6 is 0 Å². The van der Waals surface area contributed by atoms with Crippen LogP contribution in [0.4, 0.5) is 5.82 Å². The summed E-state index contributed by atoms with van der Waals surface area (Å²) >= 11 is 0. The highest BCUT2D eigenvalue weighted by Gasteiger charge is 2.25. The molecule has 4 heterocycles. The second kappa shape index (κ2) is 9.01. The summed E-state index contributed by atoms with van der Waals surface area (Å²) in [5.74, 6) is 0.877. The Balaban J connectivity index is 1.23. The number of hydrogen-bond donors (Lipinski definition) is 1. The highest BCUT2D eigenvalue weighted by molar-refractivity contribution is 5.83. The number of ether oxygens (including phenoxy) is 2. The zero-order valence-electron chi connectivity index (χ0n) is 17.3. The normalized spacial score (nSPS) is 18.0. The minimum absolute atomic E-state index is 0.0797. The number of fused-ring (bicyclic) bond motifs is 1. The fraction of sp³-hybridized carbons (Fsp3) is 0.409. The molecule has 162 valence electrons. The summed E-state index contributed by atoms with van der Waals surface area (Å²) in [5.41, 5.74) is 2.54. The van der Waals surface area contributed by atoms with E-state index < -0.39 is 0 Å². The fourth-order valence-corrected chi connectivity index (χ4v) is 4.05. The van der Waals surface area contributed by atoms with Crippen LogP contribution in [0.5, 0.6) is 0 Å². The Bertz CT molecular complexity index is 1030. The van der Waals surface area contributed by atoms with E-state index >= 15 is 0 Å². The maximum Gasteiger partial charge on any atom is 0.242 e. The lowest BCUT2D eigenvalue weighted by atomic mass is 10.1. The number of hydrogen-bond acceptors (Lipinski definition) is 7. The first-order valence-electron chi connectivity index (χ1n) is 10.6. The van der Waals surface area contributed by atoms with Gasteiger partial charge in [-0.05, 0) is 0 Å². The Kier molecular flexibility index (Phi) is 5.79. The molecule has 2 aliphatic heterocycles. The average Bonchev–Trinajstić information content (AvgIpc) is 3.46. The van der Waals surface area contributed by atoms with Crippen molar-refractivity contribution in [2.75, 3.05) is 57.8 Å². The molecule has 1 amide bonds. The first kappa shape index (κ1) is 19.9. The van der Waals surface area contributed by atoms with Gasteiger partial charge in [-0.25, -0.2) is 4.98 Å². The van der Waals surface area contributed by atoms with Gasteiger partial charge >= 0.3 is 0 Å². The quantitative estimate of drug-likeness (QED) is 0.642. The SMILES string of the molecule is O=C(CNc1c(-c2ccccc2)nc2cnccn12)N1CCN(CC2OCCO2)CC1. The maximum atomic E-state index is 12.9. The minimum atomic E-state index is -0.134. The van der Waals surface area contributed by atoms with E-state index in [4.69, 9.17) is 14.5 Å². The molecule has 0 bridgehead atoms. The van der Waals surface area contributed by atoms with Gasteiger partial charge in [0.2, 0.25) is 5.91 Å². The standard InChI is InChI=1S/C22H26N6O3/c29-19(27-10-8-26(9-11-27)16-20-30-12-13-31-20)15-24-22-21(17-4-2-1-3-5-17)25-18-14-23-6-7-28(18)22/h1-7,14,20,24H,8-13,15-16H2. The van der Waals surface area contributed by atoms with Gasteiger partial charge in [-0.1, -0.05) is 30.3 Å². The maximum absolute atomic E-state index is 12.9. The van der Waals surface area contributed by atoms with E-state index in [1.807, 2.05) is 45.8 Å². The summed E-state index contributed by atoms with van der Waals surface area (Å²) in [6.45, 7) is 5.36. The van der Waals surface area contributed by atoms with E-state index in [0.717, 1.165) is 42.4 Å². The van der Waals surface area contributed by atoms with E-state index in [9.17, 15) is 4.79 Å². The third kappa shape index (κ3) is 4.39. The molecule has 1 N–H and O–H groups in total. The largest absolute Gasteiger partial charge is 0.360 e. The summed E-state index contributed by atoms with van der Waals surface area (Å²) in [4.78, 5) is 26.0. The number of aromatic nitrogens is 3. The second-order valence-electron chi connectivity index (χ2n) is 7.69. The van der Waals surface area contributed by atoms with Crippen LogP contribution in [0.15, 0.2) is 48.9 Å². The van der Waals surface area contributed by atoms with Crippen molar-refractivity contribution in [2.24, 2.45) is 0 Å². The van der Waals surface area contributed by atoms with Crippen molar-refractivity contribution in [1.29, 1.82) is 0 Å². The van der Waals surface area contributed by atoms with E-state index in [1.54, 1.807) is 12.4 Å². The molecule has 31 heavy (non-hydrogen) atoms. The molecular formula is C22H26N6O3. The molecule has 0 aliphatic carbocycles. The highest BCUT2D eigenvalue weighted by atomic mass is 16.7. The number of carbonyl (C=O) groups excluding carboxylic acids is 1. The number of amides is 1. The molecule has 2 aromatic heterocycles. The number of benzene rings is 1. The van der Waals surface area contributed by atoms with Gasteiger partial charge in [-0.15, -0.1) is 0 Å². The van der Waals surface area contributed by atoms with Crippen molar-refractivity contribution in [3.63, 3.8) is 0 Å². The fourth-order valence-electron chi connectivity index (χ4n) is 4.05. The summed E-state index contributed by atoms with van der Waals surface area (Å²) in [5, 5.41) is 3.33. The first-order chi connectivity index (χ1) is 15.3. The van der Waals surface area contributed by atoms with Crippen molar-refractivity contribution in [3.05, 3.63) is 48.9 Å². The Hall–Kier alpha value is -3.01. The van der Waals surface area contributed by atoms with E-state index in [1.165, 1.54) is 0 Å². The van der Waals surface area contributed by atoms with Crippen molar-refractivity contribution in [2.45, 2.75) is 6.29 Å². The monoisotopic (exact) mass is 422 g/mol. The first-order valence-corrected chi connectivity index (χ1v) is 10.6. The lowest BCUT2D eigenvalue weighted by Gasteiger charge is -2.35. The predicted molar refractivity (Wildman–Crippen MR) is 116 cm³/mol. The Morgan fingerprint density at radius 1 is 1.10 bits per heavy atom. The number of rotatable bonds is 6. The van der Waals surface area contributed by atoms with Gasteiger partial charge in [0, 0.05) is 50.7 Å². The number of carbonyl (C=O) groups is 1. The van der Waals surface area contributed by atoms with E-state index in [0.29, 0.717) is 26.3 Å². The topological polar surface area (TPSA) is 84.2 Å². The molecule has 3 aromatic rings. The number of imidazole rings is 1. The van der Waals surface area contributed by atoms with Crippen LogP contribution in [-0.4, -0.2) is 88.8 Å². The van der Waals surface area contributed by atoms with Gasteiger partial charge in [-0.2, -0.15) is 0 Å².